The Kier molecular flexibility index (Phi) is 3.36. The van der Waals surface area contributed by atoms with Crippen molar-refractivity contribution in [1.82, 2.24) is 0 Å². The topological polar surface area (TPSA) is 37.3 Å². The van der Waals surface area contributed by atoms with Crippen LogP contribution in [0.3, 0.4) is 0 Å². The average molecular weight is 234 g/mol. The third-order valence-corrected chi connectivity index (χ3v) is 3.86. The first-order valence-electron chi connectivity index (χ1n) is 5.31. The summed E-state index contributed by atoms with van der Waals surface area (Å²) >= 11 is -1.81. The molecule has 0 bridgehead atoms. The van der Waals surface area contributed by atoms with E-state index in [0.717, 1.165) is 16.3 Å². The average Bonchev–Trinajstić information content (AvgIpc) is 2.30. The maximum Gasteiger partial charge on any atom is 0.160 e. The SMILES string of the molecule is CCC(c1cccc2ccccc12)S(=O)O. The van der Waals surface area contributed by atoms with Gasteiger partial charge in [-0.25, -0.2) is 4.21 Å². The molecule has 0 aromatic heterocycles. The number of benzene rings is 2. The normalized spacial score (nSPS) is 14.9. The minimum Gasteiger partial charge on any atom is -0.306 e. The molecule has 0 aliphatic rings. The molecule has 2 atom stereocenters. The monoisotopic (exact) mass is 234 g/mol. The Balaban J connectivity index is 2.63. The Morgan fingerprint density at radius 2 is 1.88 bits per heavy atom. The van der Waals surface area contributed by atoms with Crippen LogP contribution in [0.1, 0.15) is 24.2 Å². The van der Waals surface area contributed by atoms with Gasteiger partial charge < -0.3 is 4.55 Å². The fourth-order valence-corrected chi connectivity index (χ4v) is 2.71. The Bertz CT molecular complexity index is 517. The predicted octanol–water partition coefficient (Wildman–Crippen LogP) is 3.51. The second kappa shape index (κ2) is 4.76. The summed E-state index contributed by atoms with van der Waals surface area (Å²) in [5.74, 6) is 0. The van der Waals surface area contributed by atoms with Crippen molar-refractivity contribution < 1.29 is 8.76 Å². The molecule has 1 N–H and O–H groups in total. The second-order valence-corrected chi connectivity index (χ2v) is 4.86. The Labute approximate surface area is 97.6 Å². The highest BCUT2D eigenvalue weighted by atomic mass is 32.2. The number of hydrogen-bond donors (Lipinski definition) is 1. The molecule has 0 aliphatic carbocycles. The van der Waals surface area contributed by atoms with Gasteiger partial charge in [0.2, 0.25) is 0 Å². The van der Waals surface area contributed by atoms with Crippen LogP contribution in [0.2, 0.25) is 0 Å². The Morgan fingerprint density at radius 1 is 1.19 bits per heavy atom. The van der Waals surface area contributed by atoms with E-state index in [9.17, 15) is 8.76 Å². The van der Waals surface area contributed by atoms with E-state index in [2.05, 4.69) is 0 Å². The first kappa shape index (κ1) is 11.3. The summed E-state index contributed by atoms with van der Waals surface area (Å²) in [7, 11) is 0. The van der Waals surface area contributed by atoms with Crippen LogP contribution in [0, 0.1) is 0 Å². The lowest BCUT2D eigenvalue weighted by molar-refractivity contribution is 0.547. The van der Waals surface area contributed by atoms with Crippen molar-refractivity contribution in [3.63, 3.8) is 0 Å². The fraction of sp³-hybridized carbons (Fsp3) is 0.231. The second-order valence-electron chi connectivity index (χ2n) is 3.74. The van der Waals surface area contributed by atoms with Gasteiger partial charge in [-0.1, -0.05) is 49.4 Å². The van der Waals surface area contributed by atoms with Crippen molar-refractivity contribution in [1.29, 1.82) is 0 Å². The van der Waals surface area contributed by atoms with Gasteiger partial charge in [0, 0.05) is 0 Å². The highest BCUT2D eigenvalue weighted by molar-refractivity contribution is 7.79. The van der Waals surface area contributed by atoms with Crippen LogP contribution in [0.15, 0.2) is 42.5 Å². The molecule has 16 heavy (non-hydrogen) atoms. The standard InChI is InChI=1S/C13H14O2S/c1-2-13(16(14)15)12-9-5-7-10-6-3-4-8-11(10)12/h3-9,13H,2H2,1H3,(H,14,15). The first-order chi connectivity index (χ1) is 7.74. The maximum atomic E-state index is 11.3. The summed E-state index contributed by atoms with van der Waals surface area (Å²) in [4.78, 5) is 0. The lowest BCUT2D eigenvalue weighted by Gasteiger charge is -2.13. The highest BCUT2D eigenvalue weighted by Crippen LogP contribution is 2.29. The van der Waals surface area contributed by atoms with Crippen molar-refractivity contribution in [2.24, 2.45) is 0 Å². The maximum absolute atomic E-state index is 11.3. The molecule has 0 amide bonds. The van der Waals surface area contributed by atoms with Crippen molar-refractivity contribution in [3.8, 4) is 0 Å². The molecule has 2 nitrogen and oxygen atoms in total. The quantitative estimate of drug-likeness (QED) is 0.825. The van der Waals surface area contributed by atoms with Gasteiger partial charge in [-0.2, -0.15) is 0 Å². The van der Waals surface area contributed by atoms with Gasteiger partial charge >= 0.3 is 0 Å². The summed E-state index contributed by atoms with van der Waals surface area (Å²) in [5, 5.41) is 1.88. The van der Waals surface area contributed by atoms with Gasteiger partial charge in [-0.3, -0.25) is 0 Å². The zero-order chi connectivity index (χ0) is 11.5. The Hall–Kier alpha value is -1.19. The fourth-order valence-electron chi connectivity index (χ4n) is 2.00. The van der Waals surface area contributed by atoms with Crippen LogP contribution in [0.25, 0.3) is 10.8 Å². The molecule has 0 saturated carbocycles. The van der Waals surface area contributed by atoms with Gasteiger partial charge in [-0.15, -0.1) is 0 Å². The van der Waals surface area contributed by atoms with Gasteiger partial charge in [0.15, 0.2) is 11.1 Å². The van der Waals surface area contributed by atoms with E-state index < -0.39 is 11.1 Å². The highest BCUT2D eigenvalue weighted by Gasteiger charge is 2.17. The van der Waals surface area contributed by atoms with E-state index in [1.807, 2.05) is 49.4 Å². The van der Waals surface area contributed by atoms with Gasteiger partial charge in [-0.05, 0) is 22.8 Å². The zero-order valence-corrected chi connectivity index (χ0v) is 9.91. The van der Waals surface area contributed by atoms with Crippen molar-refractivity contribution in [2.75, 3.05) is 0 Å². The summed E-state index contributed by atoms with van der Waals surface area (Å²) in [6, 6.07) is 13.8. The lowest BCUT2D eigenvalue weighted by Crippen LogP contribution is -2.04. The molecular weight excluding hydrogens is 220 g/mol. The molecule has 2 aromatic rings. The van der Waals surface area contributed by atoms with Crippen LogP contribution in [0.4, 0.5) is 0 Å². The molecule has 0 radical (unpaired) electrons. The van der Waals surface area contributed by atoms with E-state index in [1.165, 1.54) is 0 Å². The molecule has 0 heterocycles. The van der Waals surface area contributed by atoms with Crippen LogP contribution >= 0.6 is 0 Å². The third-order valence-electron chi connectivity index (χ3n) is 2.78. The Morgan fingerprint density at radius 3 is 2.56 bits per heavy atom. The van der Waals surface area contributed by atoms with Crippen LogP contribution in [-0.4, -0.2) is 8.76 Å². The van der Waals surface area contributed by atoms with E-state index in [-0.39, 0.29) is 5.25 Å². The molecule has 84 valence electrons. The van der Waals surface area contributed by atoms with E-state index >= 15 is 0 Å². The third kappa shape index (κ3) is 2.01. The zero-order valence-electron chi connectivity index (χ0n) is 9.09. The minimum absolute atomic E-state index is 0.300. The van der Waals surface area contributed by atoms with Crippen molar-refractivity contribution in [2.45, 2.75) is 18.6 Å². The van der Waals surface area contributed by atoms with E-state index in [0.29, 0.717) is 6.42 Å². The summed E-state index contributed by atoms with van der Waals surface area (Å²) in [6.45, 7) is 1.93. The molecule has 3 heteroatoms. The largest absolute Gasteiger partial charge is 0.306 e. The van der Waals surface area contributed by atoms with Crippen LogP contribution in [0.5, 0.6) is 0 Å². The summed E-state index contributed by atoms with van der Waals surface area (Å²) in [5.41, 5.74) is 0.960. The van der Waals surface area contributed by atoms with E-state index in [1.54, 1.807) is 0 Å². The molecule has 2 rings (SSSR count). The molecule has 0 spiro atoms. The van der Waals surface area contributed by atoms with Crippen molar-refractivity contribution >= 4 is 21.9 Å². The molecular formula is C13H14O2S. The van der Waals surface area contributed by atoms with Crippen LogP contribution < -0.4 is 0 Å². The van der Waals surface area contributed by atoms with Gasteiger partial charge in [0.25, 0.3) is 0 Å². The number of hydrogen-bond acceptors (Lipinski definition) is 1. The van der Waals surface area contributed by atoms with Gasteiger partial charge in [0.1, 0.15) is 0 Å². The number of rotatable bonds is 3. The summed E-state index contributed by atoms with van der Waals surface area (Å²) < 4.78 is 20.6. The molecule has 0 fully saturated rings. The molecule has 2 aromatic carbocycles. The van der Waals surface area contributed by atoms with E-state index in [4.69, 9.17) is 0 Å². The van der Waals surface area contributed by atoms with Crippen molar-refractivity contribution in [3.05, 3.63) is 48.0 Å². The minimum atomic E-state index is -1.81. The van der Waals surface area contributed by atoms with Gasteiger partial charge in [0.05, 0.1) is 5.25 Å². The molecule has 0 aliphatic heterocycles. The molecule has 2 unspecified atom stereocenters. The first-order valence-corrected chi connectivity index (χ1v) is 6.48. The predicted molar refractivity (Wildman–Crippen MR) is 67.8 cm³/mol. The summed E-state index contributed by atoms with van der Waals surface area (Å²) in [6.07, 6.45) is 0.664. The lowest BCUT2D eigenvalue weighted by atomic mass is 10.0. The smallest absolute Gasteiger partial charge is 0.160 e. The number of fused-ring (bicyclic) bond motifs is 1. The van der Waals surface area contributed by atoms with Crippen LogP contribution in [-0.2, 0) is 11.1 Å². The molecule has 0 saturated heterocycles.